The number of benzene rings is 4. The summed E-state index contributed by atoms with van der Waals surface area (Å²) in [5.41, 5.74) is 3.79. The Balaban J connectivity index is 1.19. The molecule has 3 fully saturated rings. The second-order valence-electron chi connectivity index (χ2n) is 13.3. The number of ether oxygens (including phenoxy) is 10. The van der Waals surface area contributed by atoms with Gasteiger partial charge < -0.3 is 52.5 Å². The predicted molar refractivity (Wildman–Crippen MR) is 192 cm³/mol. The van der Waals surface area contributed by atoms with Crippen molar-refractivity contribution in [1.29, 1.82) is 0 Å². The molecule has 4 aromatic carbocycles. The van der Waals surface area contributed by atoms with Crippen LogP contribution in [0.3, 0.4) is 0 Å². The van der Waals surface area contributed by atoms with Gasteiger partial charge in [-0.05, 0) is 16.7 Å². The Morgan fingerprint density at radius 1 is 0.585 bits per heavy atom. The van der Waals surface area contributed by atoms with Gasteiger partial charge in [-0.25, -0.2) is 0 Å². The fourth-order valence-electron chi connectivity index (χ4n) is 7.06. The molecule has 1 N–H and O–H groups in total. The van der Waals surface area contributed by atoms with Gasteiger partial charge in [0.1, 0.15) is 48.8 Å². The van der Waals surface area contributed by atoms with Crippen LogP contribution in [0.15, 0.2) is 121 Å². The van der Waals surface area contributed by atoms with Crippen molar-refractivity contribution in [2.75, 3.05) is 27.4 Å². The molecule has 1 unspecified atom stereocenters. The zero-order valence-corrected chi connectivity index (χ0v) is 30.0. The van der Waals surface area contributed by atoms with Crippen LogP contribution in [0.25, 0.3) is 0 Å². The number of aliphatic hydroxyl groups is 1. The average Bonchev–Trinajstić information content (AvgIpc) is 3.21. The molecule has 11 heteroatoms. The van der Waals surface area contributed by atoms with E-state index in [1.165, 1.54) is 0 Å². The van der Waals surface area contributed by atoms with Crippen molar-refractivity contribution in [3.8, 4) is 0 Å². The van der Waals surface area contributed by atoms with Crippen molar-refractivity contribution in [3.63, 3.8) is 0 Å². The van der Waals surface area contributed by atoms with Crippen LogP contribution in [0, 0.1) is 0 Å². The van der Waals surface area contributed by atoms with Crippen molar-refractivity contribution < 1.29 is 52.5 Å². The Hall–Kier alpha value is -3.56. The van der Waals surface area contributed by atoms with Crippen LogP contribution in [0.4, 0.5) is 0 Å². The van der Waals surface area contributed by atoms with E-state index in [9.17, 15) is 5.11 Å². The lowest BCUT2D eigenvalue weighted by Crippen LogP contribution is -2.66. The van der Waals surface area contributed by atoms with Gasteiger partial charge in [-0.15, -0.1) is 0 Å². The topological polar surface area (TPSA) is 113 Å². The summed E-state index contributed by atoms with van der Waals surface area (Å²) >= 11 is 0. The first-order valence-corrected chi connectivity index (χ1v) is 18.1. The van der Waals surface area contributed by atoms with Gasteiger partial charge >= 0.3 is 0 Å². The van der Waals surface area contributed by atoms with E-state index in [4.69, 9.17) is 47.4 Å². The van der Waals surface area contributed by atoms with Gasteiger partial charge in [0.2, 0.25) is 0 Å². The van der Waals surface area contributed by atoms with Crippen LogP contribution in [0.2, 0.25) is 0 Å². The third kappa shape index (κ3) is 9.40. The van der Waals surface area contributed by atoms with Gasteiger partial charge in [-0.1, -0.05) is 121 Å². The van der Waals surface area contributed by atoms with Crippen molar-refractivity contribution in [2.24, 2.45) is 0 Å². The Morgan fingerprint density at radius 2 is 1.11 bits per heavy atom. The van der Waals surface area contributed by atoms with Crippen LogP contribution >= 0.6 is 0 Å². The first-order chi connectivity index (χ1) is 26.1. The molecule has 7 rings (SSSR count). The highest BCUT2D eigenvalue weighted by Gasteiger charge is 2.55. The Labute approximate surface area is 310 Å². The first kappa shape index (κ1) is 37.7. The van der Waals surface area contributed by atoms with Crippen LogP contribution in [0.5, 0.6) is 0 Å². The lowest BCUT2D eigenvalue weighted by Gasteiger charge is -2.50. The lowest BCUT2D eigenvalue weighted by atomic mass is 9.95. The van der Waals surface area contributed by atoms with E-state index in [2.05, 4.69) is 0 Å². The summed E-state index contributed by atoms with van der Waals surface area (Å²) in [7, 11) is 3.17. The molecule has 0 spiro atoms. The molecule has 11 nitrogen and oxygen atoms in total. The molecular formula is C42H48O11. The summed E-state index contributed by atoms with van der Waals surface area (Å²) in [6, 6.07) is 39.3. The average molecular weight is 729 g/mol. The minimum atomic E-state index is -1.39. The molecule has 3 saturated heterocycles. The maximum atomic E-state index is 11.5. The zero-order valence-electron chi connectivity index (χ0n) is 30.0. The summed E-state index contributed by atoms with van der Waals surface area (Å²) in [6.07, 6.45) is -8.91. The minimum absolute atomic E-state index is 0.178. The van der Waals surface area contributed by atoms with Crippen molar-refractivity contribution in [3.05, 3.63) is 144 Å². The number of methoxy groups -OCH3 is 2. The second-order valence-corrected chi connectivity index (χ2v) is 13.3. The van der Waals surface area contributed by atoms with Crippen LogP contribution in [0.1, 0.15) is 28.5 Å². The standard InChI is InChI=1S/C42H48O11/c1-44-26-32-34(46-23-28-15-7-3-8-16-28)37(47-24-29-17-9-4-10-18-29)39(48-25-30-19-11-5-12-20-30)42(51-32)53-38-36(45-2)35-33(50-40(38)43)27-49-41(52-35)31-21-13-6-14-22-31/h3-22,32-43H,23-27H2,1-2H3/t32-,33-,34-,35-,36+,37+,38-,39-,40+,41?,42-/m1/s1. The minimum Gasteiger partial charge on any atom is -0.382 e. The largest absolute Gasteiger partial charge is 0.382 e. The molecule has 11 atom stereocenters. The smallest absolute Gasteiger partial charge is 0.187 e. The maximum absolute atomic E-state index is 11.5. The van der Waals surface area contributed by atoms with E-state index in [0.717, 1.165) is 22.3 Å². The van der Waals surface area contributed by atoms with Gasteiger partial charge in [0.25, 0.3) is 0 Å². The van der Waals surface area contributed by atoms with E-state index in [1.807, 2.05) is 121 Å². The number of fused-ring (bicyclic) bond motifs is 1. The van der Waals surface area contributed by atoms with Crippen molar-refractivity contribution in [2.45, 2.75) is 87.5 Å². The Bertz CT molecular complexity index is 1630. The molecule has 3 aliphatic heterocycles. The third-order valence-electron chi connectivity index (χ3n) is 9.72. The normalized spacial score (nSPS) is 31.5. The third-order valence-corrected chi connectivity index (χ3v) is 9.72. The lowest BCUT2D eigenvalue weighted by molar-refractivity contribution is -0.395. The van der Waals surface area contributed by atoms with E-state index in [0.29, 0.717) is 6.61 Å². The molecule has 4 aromatic rings. The van der Waals surface area contributed by atoms with Crippen LogP contribution in [-0.2, 0) is 67.2 Å². The van der Waals surface area contributed by atoms with Crippen molar-refractivity contribution in [1.82, 2.24) is 0 Å². The summed E-state index contributed by atoms with van der Waals surface area (Å²) in [5.74, 6) is 0. The van der Waals surface area contributed by atoms with Gasteiger partial charge in [-0.2, -0.15) is 0 Å². The number of aliphatic hydroxyl groups excluding tert-OH is 1. The molecule has 0 aliphatic carbocycles. The zero-order chi connectivity index (χ0) is 36.4. The molecule has 53 heavy (non-hydrogen) atoms. The van der Waals surface area contributed by atoms with Crippen LogP contribution in [-0.4, -0.2) is 94.0 Å². The summed E-state index contributed by atoms with van der Waals surface area (Å²) in [6.45, 7) is 1.20. The number of hydrogen-bond acceptors (Lipinski definition) is 11. The molecule has 0 bridgehead atoms. The molecule has 3 heterocycles. The van der Waals surface area contributed by atoms with E-state index >= 15 is 0 Å². The van der Waals surface area contributed by atoms with E-state index < -0.39 is 67.7 Å². The fourth-order valence-corrected chi connectivity index (χ4v) is 7.06. The quantitative estimate of drug-likeness (QED) is 0.171. The van der Waals surface area contributed by atoms with Gasteiger partial charge in [-0.3, -0.25) is 0 Å². The number of hydrogen-bond donors (Lipinski definition) is 1. The molecule has 282 valence electrons. The summed E-state index contributed by atoms with van der Waals surface area (Å²) < 4.78 is 63.8. The monoisotopic (exact) mass is 728 g/mol. The van der Waals surface area contributed by atoms with Gasteiger partial charge in [0, 0.05) is 19.8 Å². The van der Waals surface area contributed by atoms with Crippen LogP contribution < -0.4 is 0 Å². The molecule has 0 saturated carbocycles. The Morgan fingerprint density at radius 3 is 1.66 bits per heavy atom. The highest BCUT2D eigenvalue weighted by atomic mass is 16.8. The van der Waals surface area contributed by atoms with E-state index in [1.54, 1.807) is 14.2 Å². The Kier molecular flexibility index (Phi) is 13.3. The van der Waals surface area contributed by atoms with Crippen molar-refractivity contribution >= 4 is 0 Å². The second kappa shape index (κ2) is 18.7. The highest BCUT2D eigenvalue weighted by Crippen LogP contribution is 2.38. The summed E-state index contributed by atoms with van der Waals surface area (Å²) in [5, 5.41) is 11.5. The first-order valence-electron chi connectivity index (χ1n) is 18.1. The fraction of sp³-hybridized carbons (Fsp3) is 0.429. The van der Waals surface area contributed by atoms with E-state index in [-0.39, 0.29) is 26.4 Å². The van der Waals surface area contributed by atoms with Gasteiger partial charge in [0.15, 0.2) is 18.9 Å². The molecular weight excluding hydrogens is 680 g/mol. The summed E-state index contributed by atoms with van der Waals surface area (Å²) in [4.78, 5) is 0. The SMILES string of the molecule is COC[C@H]1O[C@H](O[C@@H]2[C@@H](OC)[C@@H]3OC(c4ccccc4)OC[C@H]3O[C@@H]2O)[C@H](OCc2ccccc2)[C@@H](OCc2ccccc2)[C@@H]1OCc1ccccc1. The predicted octanol–water partition coefficient (Wildman–Crippen LogP) is 5.35. The molecule has 0 amide bonds. The molecule has 0 aromatic heterocycles. The highest BCUT2D eigenvalue weighted by molar-refractivity contribution is 5.18. The maximum Gasteiger partial charge on any atom is 0.187 e. The molecule has 0 radical (unpaired) electrons. The van der Waals surface area contributed by atoms with Gasteiger partial charge in [0.05, 0.1) is 33.0 Å². The molecule has 3 aliphatic rings. The number of rotatable bonds is 15.